The van der Waals surface area contributed by atoms with Crippen LogP contribution < -0.4 is 5.32 Å². The third-order valence-corrected chi connectivity index (χ3v) is 3.37. The van der Waals surface area contributed by atoms with E-state index in [1.54, 1.807) is 6.92 Å². The van der Waals surface area contributed by atoms with Crippen molar-refractivity contribution in [2.24, 2.45) is 4.99 Å². The maximum Gasteiger partial charge on any atom is 0.221 e. The van der Waals surface area contributed by atoms with Gasteiger partial charge in [-0.15, -0.1) is 0 Å². The molecule has 1 heterocycles. The Morgan fingerprint density at radius 3 is 2.85 bits per heavy atom. The number of hydrogen-bond donors (Lipinski definition) is 1. The van der Waals surface area contributed by atoms with Crippen LogP contribution in [0.2, 0.25) is 0 Å². The van der Waals surface area contributed by atoms with Gasteiger partial charge < -0.3 is 10.1 Å². The second-order valence-corrected chi connectivity index (χ2v) is 5.07. The summed E-state index contributed by atoms with van der Waals surface area (Å²) < 4.78 is 19.2. The number of rotatable bonds is 4. The Morgan fingerprint density at radius 2 is 2.25 bits per heavy atom. The average Bonchev–Trinajstić information content (AvgIpc) is 2.77. The summed E-state index contributed by atoms with van der Waals surface area (Å²) in [6.45, 7) is 5.59. The number of ether oxygens (including phenoxy) is 1. The number of carbonyl (C=O) groups is 1. The number of hydrogen-bond acceptors (Lipinski definition) is 3. The van der Waals surface area contributed by atoms with E-state index in [2.05, 4.69) is 10.3 Å². The van der Waals surface area contributed by atoms with Gasteiger partial charge in [-0.3, -0.25) is 4.79 Å². The molecule has 0 radical (unpaired) electrons. The number of halogens is 1. The molecule has 1 N–H and O–H groups in total. The van der Waals surface area contributed by atoms with E-state index >= 15 is 0 Å². The summed E-state index contributed by atoms with van der Waals surface area (Å²) >= 11 is 0. The van der Waals surface area contributed by atoms with Gasteiger partial charge in [0, 0.05) is 19.5 Å². The lowest BCUT2D eigenvalue weighted by atomic mass is 10.00. The number of anilines is 1. The molecule has 108 valence electrons. The van der Waals surface area contributed by atoms with E-state index in [4.69, 9.17) is 4.74 Å². The Labute approximate surface area is 118 Å². The molecule has 1 aromatic rings. The Hall–Kier alpha value is -1.91. The van der Waals surface area contributed by atoms with Crippen molar-refractivity contribution >= 4 is 17.5 Å². The van der Waals surface area contributed by atoms with Crippen LogP contribution in [0.1, 0.15) is 31.4 Å². The fraction of sp³-hybridized carbons (Fsp3) is 0.467. The smallest absolute Gasteiger partial charge is 0.221 e. The minimum absolute atomic E-state index is 0.141. The van der Waals surface area contributed by atoms with Crippen LogP contribution in [0.15, 0.2) is 17.1 Å². The lowest BCUT2D eigenvalue weighted by Crippen LogP contribution is -2.10. The highest BCUT2D eigenvalue weighted by Gasteiger charge is 2.17. The van der Waals surface area contributed by atoms with Crippen LogP contribution in [-0.4, -0.2) is 24.5 Å². The Bertz CT molecular complexity index is 555. The molecule has 4 nitrogen and oxygen atoms in total. The molecule has 0 unspecified atom stereocenters. The largest absolute Gasteiger partial charge is 0.479 e. The van der Waals surface area contributed by atoms with Gasteiger partial charge in [0.15, 0.2) is 5.90 Å². The van der Waals surface area contributed by atoms with Gasteiger partial charge >= 0.3 is 0 Å². The van der Waals surface area contributed by atoms with Crippen molar-refractivity contribution in [3.8, 4) is 0 Å². The molecule has 0 aliphatic carbocycles. The molecule has 1 aliphatic heterocycles. The summed E-state index contributed by atoms with van der Waals surface area (Å²) in [4.78, 5) is 15.4. The predicted octanol–water partition coefficient (Wildman–Crippen LogP) is 2.84. The fourth-order valence-electron chi connectivity index (χ4n) is 2.29. The Balaban J connectivity index is 2.09. The van der Waals surface area contributed by atoms with E-state index in [9.17, 15) is 9.18 Å². The Morgan fingerprint density at radius 1 is 1.50 bits per heavy atom. The first-order valence-electron chi connectivity index (χ1n) is 6.69. The molecule has 1 atom stereocenters. The van der Waals surface area contributed by atoms with Crippen molar-refractivity contribution in [2.75, 3.05) is 11.9 Å². The van der Waals surface area contributed by atoms with Crippen LogP contribution in [0, 0.1) is 12.7 Å². The number of carbonyl (C=O) groups excluding carboxylic acids is 1. The second-order valence-electron chi connectivity index (χ2n) is 5.07. The summed E-state index contributed by atoms with van der Waals surface area (Å²) in [6.07, 6.45) is 1.52. The van der Waals surface area contributed by atoms with E-state index < -0.39 is 0 Å². The van der Waals surface area contributed by atoms with Gasteiger partial charge in [-0.05, 0) is 43.0 Å². The average molecular weight is 278 g/mol. The number of aliphatic imine (C=N–C) groups is 1. The molecule has 0 bridgehead atoms. The quantitative estimate of drug-likeness (QED) is 0.920. The van der Waals surface area contributed by atoms with Crippen LogP contribution in [-0.2, 0) is 16.0 Å². The lowest BCUT2D eigenvalue weighted by molar-refractivity contribution is -0.114. The third kappa shape index (κ3) is 3.56. The number of amides is 1. The lowest BCUT2D eigenvalue weighted by Gasteiger charge is -2.12. The van der Waals surface area contributed by atoms with E-state index in [0.29, 0.717) is 30.2 Å². The van der Waals surface area contributed by atoms with Gasteiger partial charge in [-0.1, -0.05) is 0 Å². The van der Waals surface area contributed by atoms with Crippen LogP contribution >= 0.6 is 0 Å². The molecule has 20 heavy (non-hydrogen) atoms. The standard InChI is InChI=1S/C15H19FN2O2/c1-9-12(4-5-13-8-20-11(3)18-13)6-14(7-15(9)16)17-10(2)19/h6-7,13H,4-5,8H2,1-3H3,(H,17,19)/t13-/m0/s1. The zero-order chi connectivity index (χ0) is 14.7. The van der Waals surface area contributed by atoms with E-state index in [1.807, 2.05) is 13.0 Å². The van der Waals surface area contributed by atoms with Crippen molar-refractivity contribution in [2.45, 2.75) is 39.7 Å². The molecule has 0 saturated heterocycles. The van der Waals surface area contributed by atoms with Crippen molar-refractivity contribution in [1.82, 2.24) is 0 Å². The van der Waals surface area contributed by atoms with E-state index in [-0.39, 0.29) is 17.8 Å². The molecular formula is C15H19FN2O2. The summed E-state index contributed by atoms with van der Waals surface area (Å²) in [6, 6.07) is 3.31. The summed E-state index contributed by atoms with van der Waals surface area (Å²) in [7, 11) is 0. The highest BCUT2D eigenvalue weighted by atomic mass is 19.1. The van der Waals surface area contributed by atoms with Crippen LogP contribution in [0.3, 0.4) is 0 Å². The summed E-state index contributed by atoms with van der Waals surface area (Å²) in [5.41, 5.74) is 2.02. The van der Waals surface area contributed by atoms with Crippen molar-refractivity contribution < 1.29 is 13.9 Å². The van der Waals surface area contributed by atoms with Gasteiger partial charge in [0.2, 0.25) is 5.91 Å². The zero-order valence-corrected chi connectivity index (χ0v) is 12.0. The molecule has 2 rings (SSSR count). The van der Waals surface area contributed by atoms with Gasteiger partial charge in [0.25, 0.3) is 0 Å². The SMILES string of the molecule is CC(=O)Nc1cc(F)c(C)c(CC[C@H]2COC(C)=N2)c1. The Kier molecular flexibility index (Phi) is 4.37. The first-order valence-corrected chi connectivity index (χ1v) is 6.69. The third-order valence-electron chi connectivity index (χ3n) is 3.37. The number of benzene rings is 1. The predicted molar refractivity (Wildman–Crippen MR) is 76.6 cm³/mol. The molecule has 0 spiro atoms. The second kappa shape index (κ2) is 6.03. The molecule has 0 fully saturated rings. The van der Waals surface area contributed by atoms with Crippen molar-refractivity contribution in [3.05, 3.63) is 29.1 Å². The molecular weight excluding hydrogens is 259 g/mol. The maximum absolute atomic E-state index is 13.8. The number of nitrogens with one attached hydrogen (secondary N) is 1. The monoisotopic (exact) mass is 278 g/mol. The minimum Gasteiger partial charge on any atom is -0.479 e. The topological polar surface area (TPSA) is 50.7 Å². The van der Waals surface area contributed by atoms with E-state index in [1.165, 1.54) is 13.0 Å². The van der Waals surface area contributed by atoms with Crippen molar-refractivity contribution in [1.29, 1.82) is 0 Å². The van der Waals surface area contributed by atoms with E-state index in [0.717, 1.165) is 12.0 Å². The van der Waals surface area contributed by atoms with Crippen LogP contribution in [0.5, 0.6) is 0 Å². The molecule has 1 aromatic carbocycles. The minimum atomic E-state index is -0.298. The molecule has 0 saturated carbocycles. The molecule has 1 aliphatic rings. The molecule has 0 aromatic heterocycles. The van der Waals surface area contributed by atoms with Gasteiger partial charge in [0.05, 0.1) is 6.04 Å². The molecule has 1 amide bonds. The number of aryl methyl sites for hydroxylation is 1. The summed E-state index contributed by atoms with van der Waals surface area (Å²) in [5.74, 6) is 0.210. The first kappa shape index (κ1) is 14.5. The highest BCUT2D eigenvalue weighted by Crippen LogP contribution is 2.22. The van der Waals surface area contributed by atoms with Gasteiger partial charge in [0.1, 0.15) is 12.4 Å². The number of nitrogens with zero attached hydrogens (tertiary/aromatic N) is 1. The van der Waals surface area contributed by atoms with Gasteiger partial charge in [-0.2, -0.15) is 0 Å². The van der Waals surface area contributed by atoms with Gasteiger partial charge in [-0.25, -0.2) is 9.38 Å². The normalized spacial score (nSPS) is 17.6. The maximum atomic E-state index is 13.8. The zero-order valence-electron chi connectivity index (χ0n) is 12.0. The van der Waals surface area contributed by atoms with Crippen LogP contribution in [0.4, 0.5) is 10.1 Å². The first-order chi connectivity index (χ1) is 9.45. The highest BCUT2D eigenvalue weighted by molar-refractivity contribution is 5.88. The molecule has 5 heteroatoms. The summed E-state index contributed by atoms with van der Waals surface area (Å²) in [5, 5.41) is 2.62. The fourth-order valence-corrected chi connectivity index (χ4v) is 2.29. The van der Waals surface area contributed by atoms with Crippen LogP contribution in [0.25, 0.3) is 0 Å². The van der Waals surface area contributed by atoms with Crippen molar-refractivity contribution in [3.63, 3.8) is 0 Å².